The highest BCUT2D eigenvalue weighted by Crippen LogP contribution is 2.38. The maximum atomic E-state index is 12.7. The number of nitrogens with two attached hydrogens (primary N) is 1. The number of hydrogen-bond acceptors (Lipinski definition) is 5. The van der Waals surface area contributed by atoms with Crippen molar-refractivity contribution in [1.82, 2.24) is 5.32 Å². The van der Waals surface area contributed by atoms with Gasteiger partial charge in [-0.1, -0.05) is 0 Å². The number of ether oxygens (including phenoxy) is 1. The number of halogens is 5. The standard InChI is InChI=1S/C16H18F5N3O4/c17-14(18)7-28-13-6-11(22)12(24(26)27)5-10(13)15(25)23-9-3-1-8(2-4-9)16(19,20)21/h5-6,8-9,14H,1-4,7,22H2,(H,23,25)/t8-,9-. The number of carbonyl (C=O) groups excluding carboxylic acids is 1. The topological polar surface area (TPSA) is 107 Å². The number of rotatable bonds is 6. The largest absolute Gasteiger partial charge is 0.487 e. The van der Waals surface area contributed by atoms with Crippen LogP contribution in [0.15, 0.2) is 12.1 Å². The molecule has 0 radical (unpaired) electrons. The van der Waals surface area contributed by atoms with E-state index in [4.69, 9.17) is 10.5 Å². The Morgan fingerprint density at radius 1 is 1.29 bits per heavy atom. The predicted octanol–water partition coefficient (Wildman–Crippen LogP) is 3.67. The number of nitrogens with zero attached hydrogens (tertiary/aromatic N) is 1. The second-order valence-corrected chi connectivity index (χ2v) is 6.43. The highest BCUT2D eigenvalue weighted by atomic mass is 19.4. The van der Waals surface area contributed by atoms with Crippen molar-refractivity contribution in [3.8, 4) is 5.75 Å². The zero-order valence-electron chi connectivity index (χ0n) is 14.5. The average Bonchev–Trinajstić information content (AvgIpc) is 2.59. The minimum absolute atomic E-state index is 0.0696. The maximum absolute atomic E-state index is 12.7. The summed E-state index contributed by atoms with van der Waals surface area (Å²) in [6, 6.07) is 1.12. The molecule has 0 heterocycles. The number of nitrogen functional groups attached to an aromatic ring is 1. The van der Waals surface area contributed by atoms with Gasteiger partial charge in [-0.2, -0.15) is 13.2 Å². The van der Waals surface area contributed by atoms with Crippen molar-refractivity contribution in [2.75, 3.05) is 12.3 Å². The molecule has 2 rings (SSSR count). The Balaban J connectivity index is 2.16. The number of anilines is 1. The monoisotopic (exact) mass is 411 g/mol. The highest BCUT2D eigenvalue weighted by Gasteiger charge is 2.41. The van der Waals surface area contributed by atoms with Gasteiger partial charge in [0.2, 0.25) is 0 Å². The number of benzene rings is 1. The Morgan fingerprint density at radius 3 is 2.39 bits per heavy atom. The van der Waals surface area contributed by atoms with Crippen LogP contribution in [0.4, 0.5) is 33.3 Å². The first kappa shape index (κ1) is 21.6. The molecule has 1 amide bonds. The van der Waals surface area contributed by atoms with E-state index in [0.717, 1.165) is 12.1 Å². The molecule has 1 aliphatic carbocycles. The third-order valence-electron chi connectivity index (χ3n) is 4.46. The van der Waals surface area contributed by atoms with Crippen molar-refractivity contribution >= 4 is 17.3 Å². The van der Waals surface area contributed by atoms with Gasteiger partial charge in [0, 0.05) is 18.2 Å². The molecule has 1 fully saturated rings. The third-order valence-corrected chi connectivity index (χ3v) is 4.46. The maximum Gasteiger partial charge on any atom is 0.391 e. The summed E-state index contributed by atoms with van der Waals surface area (Å²) < 4.78 is 67.8. The predicted molar refractivity (Wildman–Crippen MR) is 88.3 cm³/mol. The number of nitro groups is 1. The number of nitro benzene ring substituents is 1. The van der Waals surface area contributed by atoms with Gasteiger partial charge in [-0.15, -0.1) is 0 Å². The first-order valence-electron chi connectivity index (χ1n) is 8.35. The van der Waals surface area contributed by atoms with Gasteiger partial charge in [0.25, 0.3) is 18.0 Å². The van der Waals surface area contributed by atoms with Crippen LogP contribution in [0.25, 0.3) is 0 Å². The minimum Gasteiger partial charge on any atom is -0.487 e. The van der Waals surface area contributed by atoms with Crippen molar-refractivity contribution in [2.45, 2.75) is 44.3 Å². The van der Waals surface area contributed by atoms with E-state index in [-0.39, 0.29) is 42.7 Å². The SMILES string of the molecule is Nc1cc(OCC(F)F)c(C(=O)N[C@H]2CC[C@H](C(F)(F)F)CC2)cc1[N+](=O)[O-]. The summed E-state index contributed by atoms with van der Waals surface area (Å²) >= 11 is 0. The fourth-order valence-electron chi connectivity index (χ4n) is 3.02. The lowest BCUT2D eigenvalue weighted by Crippen LogP contribution is -2.40. The molecule has 1 aliphatic rings. The minimum atomic E-state index is -4.30. The van der Waals surface area contributed by atoms with Crippen molar-refractivity contribution in [1.29, 1.82) is 0 Å². The van der Waals surface area contributed by atoms with Crippen molar-refractivity contribution in [3.63, 3.8) is 0 Å². The van der Waals surface area contributed by atoms with E-state index in [2.05, 4.69) is 5.32 Å². The zero-order valence-corrected chi connectivity index (χ0v) is 14.5. The van der Waals surface area contributed by atoms with Crippen LogP contribution in [0, 0.1) is 16.0 Å². The molecule has 1 aromatic carbocycles. The molecule has 0 saturated heterocycles. The molecular formula is C16H18F5N3O4. The fourth-order valence-corrected chi connectivity index (χ4v) is 3.02. The molecule has 0 atom stereocenters. The zero-order chi connectivity index (χ0) is 21.1. The Labute approximate surface area is 156 Å². The summed E-state index contributed by atoms with van der Waals surface area (Å²) in [6.45, 7) is -1.06. The lowest BCUT2D eigenvalue weighted by Gasteiger charge is -2.30. The van der Waals surface area contributed by atoms with Gasteiger partial charge >= 0.3 is 6.18 Å². The lowest BCUT2D eigenvalue weighted by molar-refractivity contribution is -0.383. The van der Waals surface area contributed by atoms with Crippen LogP contribution in [-0.2, 0) is 0 Å². The number of amides is 1. The summed E-state index contributed by atoms with van der Waals surface area (Å²) in [5.41, 5.74) is 4.11. The molecule has 0 aromatic heterocycles. The fraction of sp³-hybridized carbons (Fsp3) is 0.562. The Morgan fingerprint density at radius 2 is 1.89 bits per heavy atom. The molecule has 0 unspecified atom stereocenters. The summed E-state index contributed by atoms with van der Waals surface area (Å²) in [4.78, 5) is 22.6. The van der Waals surface area contributed by atoms with Gasteiger partial charge in [-0.3, -0.25) is 14.9 Å². The second kappa shape index (κ2) is 8.57. The number of alkyl halides is 5. The second-order valence-electron chi connectivity index (χ2n) is 6.43. The summed E-state index contributed by atoms with van der Waals surface area (Å²) in [7, 11) is 0. The van der Waals surface area contributed by atoms with Crippen LogP contribution in [0.5, 0.6) is 5.75 Å². The van der Waals surface area contributed by atoms with Crippen LogP contribution in [0.2, 0.25) is 0 Å². The Hall–Kier alpha value is -2.66. The van der Waals surface area contributed by atoms with Crippen LogP contribution in [0.3, 0.4) is 0 Å². The number of nitrogens with one attached hydrogen (secondary N) is 1. The van der Waals surface area contributed by atoms with E-state index >= 15 is 0 Å². The Bertz CT molecular complexity index is 734. The van der Waals surface area contributed by atoms with E-state index in [1.807, 2.05) is 0 Å². The summed E-state index contributed by atoms with van der Waals surface area (Å²) in [5.74, 6) is -2.68. The first-order valence-corrected chi connectivity index (χ1v) is 8.35. The van der Waals surface area contributed by atoms with Crippen LogP contribution < -0.4 is 15.8 Å². The van der Waals surface area contributed by atoms with Gasteiger partial charge in [0.1, 0.15) is 18.0 Å². The van der Waals surface area contributed by atoms with Crippen LogP contribution >= 0.6 is 0 Å². The lowest BCUT2D eigenvalue weighted by atomic mass is 9.85. The van der Waals surface area contributed by atoms with Crippen LogP contribution in [0.1, 0.15) is 36.0 Å². The van der Waals surface area contributed by atoms with Crippen LogP contribution in [-0.4, -0.2) is 36.1 Å². The number of carbonyl (C=O) groups is 1. The third kappa shape index (κ3) is 5.42. The molecule has 7 nitrogen and oxygen atoms in total. The van der Waals surface area contributed by atoms with E-state index in [0.29, 0.717) is 0 Å². The first-order chi connectivity index (χ1) is 13.0. The van der Waals surface area contributed by atoms with E-state index in [1.54, 1.807) is 0 Å². The van der Waals surface area contributed by atoms with Gasteiger partial charge in [0.15, 0.2) is 0 Å². The highest BCUT2D eigenvalue weighted by molar-refractivity contribution is 5.98. The molecule has 0 bridgehead atoms. The molecule has 0 spiro atoms. The quantitative estimate of drug-likeness (QED) is 0.321. The average molecular weight is 411 g/mol. The molecule has 0 aliphatic heterocycles. The van der Waals surface area contributed by atoms with E-state index < -0.39 is 47.7 Å². The summed E-state index contributed by atoms with van der Waals surface area (Å²) in [6.07, 6.45) is -7.34. The van der Waals surface area contributed by atoms with Crippen molar-refractivity contribution in [2.24, 2.45) is 5.92 Å². The van der Waals surface area contributed by atoms with Crippen molar-refractivity contribution < 1.29 is 36.4 Å². The number of hydrogen-bond donors (Lipinski definition) is 2. The molecule has 28 heavy (non-hydrogen) atoms. The molecule has 3 N–H and O–H groups in total. The smallest absolute Gasteiger partial charge is 0.391 e. The van der Waals surface area contributed by atoms with Crippen molar-refractivity contribution in [3.05, 3.63) is 27.8 Å². The van der Waals surface area contributed by atoms with E-state index in [9.17, 15) is 36.9 Å². The molecule has 12 heteroatoms. The normalized spacial score (nSPS) is 20.1. The van der Waals surface area contributed by atoms with Gasteiger partial charge < -0.3 is 15.8 Å². The van der Waals surface area contributed by atoms with E-state index in [1.165, 1.54) is 0 Å². The molecular weight excluding hydrogens is 393 g/mol. The summed E-state index contributed by atoms with van der Waals surface area (Å²) in [5, 5.41) is 13.5. The Kier molecular flexibility index (Phi) is 6.62. The molecule has 156 valence electrons. The van der Waals surface area contributed by atoms with Gasteiger partial charge in [-0.25, -0.2) is 8.78 Å². The molecule has 1 aromatic rings. The van der Waals surface area contributed by atoms with Gasteiger partial charge in [0.05, 0.1) is 16.4 Å². The molecule has 1 saturated carbocycles. The van der Waals surface area contributed by atoms with Gasteiger partial charge in [-0.05, 0) is 25.7 Å².